The lowest BCUT2D eigenvalue weighted by Crippen LogP contribution is -2.14. The van der Waals surface area contributed by atoms with Gasteiger partial charge in [-0.05, 0) is 35.9 Å². The fraction of sp³-hybridized carbons (Fsp3) is 0.143. The Balaban J connectivity index is 2.46. The molecule has 2 aromatic carbocycles. The fourth-order valence-electron chi connectivity index (χ4n) is 1.81. The second-order valence-corrected chi connectivity index (χ2v) is 5.32. The summed E-state index contributed by atoms with van der Waals surface area (Å²) in [6.07, 6.45) is 0. The van der Waals surface area contributed by atoms with Crippen LogP contribution in [0.5, 0.6) is 5.75 Å². The van der Waals surface area contributed by atoms with Gasteiger partial charge < -0.3 is 10.5 Å². The van der Waals surface area contributed by atoms with E-state index >= 15 is 0 Å². The van der Waals surface area contributed by atoms with E-state index in [0.717, 1.165) is 10.0 Å². The Morgan fingerprint density at radius 2 is 1.95 bits per heavy atom. The Labute approximate surface area is 124 Å². The van der Waals surface area contributed by atoms with Gasteiger partial charge in [-0.1, -0.05) is 33.6 Å². The summed E-state index contributed by atoms with van der Waals surface area (Å²) in [5.41, 5.74) is 7.26. The Morgan fingerprint density at radius 3 is 2.58 bits per heavy atom. The van der Waals surface area contributed by atoms with Crippen molar-refractivity contribution in [2.75, 3.05) is 7.11 Å². The number of nitrogens with two attached hydrogens (primary N) is 1. The molecular weight excluding hydrogens is 333 g/mol. The third-order valence-electron chi connectivity index (χ3n) is 2.84. The van der Waals surface area contributed by atoms with Crippen LogP contribution in [0.25, 0.3) is 0 Å². The lowest BCUT2D eigenvalue weighted by Gasteiger charge is -2.16. The number of hydrogen-bond donors (Lipinski definition) is 1. The molecule has 0 aliphatic heterocycles. The van der Waals surface area contributed by atoms with Gasteiger partial charge >= 0.3 is 0 Å². The van der Waals surface area contributed by atoms with Gasteiger partial charge in [0.1, 0.15) is 11.6 Å². The Kier molecular flexibility index (Phi) is 4.45. The minimum atomic E-state index is -0.596. The van der Waals surface area contributed by atoms with Gasteiger partial charge in [-0.2, -0.15) is 0 Å². The predicted molar refractivity (Wildman–Crippen MR) is 78.1 cm³/mol. The molecule has 0 saturated heterocycles. The third kappa shape index (κ3) is 3.08. The average molecular weight is 345 g/mol. The Bertz CT molecular complexity index is 606. The van der Waals surface area contributed by atoms with Crippen LogP contribution >= 0.6 is 27.5 Å². The SMILES string of the molecule is COc1ccc(Br)c(C(N)c2ccc(Cl)cc2F)c1. The number of methoxy groups -OCH3 is 1. The summed E-state index contributed by atoms with van der Waals surface area (Å²) in [4.78, 5) is 0. The van der Waals surface area contributed by atoms with E-state index < -0.39 is 11.9 Å². The topological polar surface area (TPSA) is 35.2 Å². The third-order valence-corrected chi connectivity index (χ3v) is 3.79. The van der Waals surface area contributed by atoms with E-state index in [2.05, 4.69) is 15.9 Å². The highest BCUT2D eigenvalue weighted by Crippen LogP contribution is 2.31. The first-order valence-corrected chi connectivity index (χ1v) is 6.74. The lowest BCUT2D eigenvalue weighted by molar-refractivity contribution is 0.414. The standard InChI is InChI=1S/C14H12BrClFNO/c1-19-9-3-5-12(15)11(7-9)14(18)10-4-2-8(16)6-13(10)17/h2-7,14H,18H2,1H3. The first-order valence-electron chi connectivity index (χ1n) is 5.57. The van der Waals surface area contributed by atoms with Gasteiger partial charge in [0.05, 0.1) is 13.2 Å². The highest BCUT2D eigenvalue weighted by atomic mass is 79.9. The second-order valence-electron chi connectivity index (χ2n) is 4.03. The van der Waals surface area contributed by atoms with Crippen molar-refractivity contribution in [1.29, 1.82) is 0 Å². The average Bonchev–Trinajstić information content (AvgIpc) is 2.38. The summed E-state index contributed by atoms with van der Waals surface area (Å²) in [6.45, 7) is 0. The summed E-state index contributed by atoms with van der Waals surface area (Å²) < 4.78 is 19.8. The van der Waals surface area contributed by atoms with Crippen LogP contribution < -0.4 is 10.5 Å². The Morgan fingerprint density at radius 1 is 1.21 bits per heavy atom. The van der Waals surface area contributed by atoms with Crippen LogP contribution in [-0.4, -0.2) is 7.11 Å². The summed E-state index contributed by atoms with van der Waals surface area (Å²) in [6, 6.07) is 9.28. The molecule has 1 unspecified atom stereocenters. The molecule has 0 spiro atoms. The zero-order chi connectivity index (χ0) is 14.0. The zero-order valence-corrected chi connectivity index (χ0v) is 12.5. The van der Waals surface area contributed by atoms with Crippen molar-refractivity contribution in [2.24, 2.45) is 5.73 Å². The predicted octanol–water partition coefficient (Wildman–Crippen LogP) is 4.30. The van der Waals surface area contributed by atoms with E-state index in [1.165, 1.54) is 6.07 Å². The van der Waals surface area contributed by atoms with Gasteiger partial charge in [0.2, 0.25) is 0 Å². The van der Waals surface area contributed by atoms with Gasteiger partial charge in [0.15, 0.2) is 0 Å². The minimum Gasteiger partial charge on any atom is -0.497 e. The molecule has 0 radical (unpaired) electrons. The largest absolute Gasteiger partial charge is 0.497 e. The van der Waals surface area contributed by atoms with Gasteiger partial charge in [-0.25, -0.2) is 4.39 Å². The number of hydrogen-bond acceptors (Lipinski definition) is 2. The van der Waals surface area contributed by atoms with Crippen LogP contribution in [0, 0.1) is 5.82 Å². The molecule has 0 aliphatic carbocycles. The molecule has 0 bridgehead atoms. The maximum atomic E-state index is 13.9. The monoisotopic (exact) mass is 343 g/mol. The molecule has 0 fully saturated rings. The molecule has 2 rings (SSSR count). The molecular formula is C14H12BrClFNO. The van der Waals surface area contributed by atoms with Crippen LogP contribution in [-0.2, 0) is 0 Å². The zero-order valence-electron chi connectivity index (χ0n) is 10.2. The molecule has 0 aliphatic rings. The molecule has 0 heterocycles. The number of ether oxygens (including phenoxy) is 1. The van der Waals surface area contributed by atoms with Crippen molar-refractivity contribution in [3.8, 4) is 5.75 Å². The highest BCUT2D eigenvalue weighted by Gasteiger charge is 2.17. The van der Waals surface area contributed by atoms with Gasteiger partial charge in [-0.15, -0.1) is 0 Å². The first-order chi connectivity index (χ1) is 9.02. The highest BCUT2D eigenvalue weighted by molar-refractivity contribution is 9.10. The van der Waals surface area contributed by atoms with Crippen molar-refractivity contribution in [2.45, 2.75) is 6.04 Å². The van der Waals surface area contributed by atoms with Crippen LogP contribution in [0.4, 0.5) is 4.39 Å². The molecule has 0 aromatic heterocycles. The van der Waals surface area contributed by atoms with E-state index in [9.17, 15) is 4.39 Å². The van der Waals surface area contributed by atoms with Gasteiger partial charge in [-0.3, -0.25) is 0 Å². The van der Waals surface area contributed by atoms with Crippen LogP contribution in [0.15, 0.2) is 40.9 Å². The van der Waals surface area contributed by atoms with Crippen molar-refractivity contribution >= 4 is 27.5 Å². The Hall–Kier alpha value is -1.10. The molecule has 2 aromatic rings. The van der Waals surface area contributed by atoms with Crippen molar-refractivity contribution in [3.05, 3.63) is 62.8 Å². The summed E-state index contributed by atoms with van der Waals surface area (Å²) in [5.74, 6) is 0.248. The molecule has 19 heavy (non-hydrogen) atoms. The van der Waals surface area contributed by atoms with Crippen LogP contribution in [0.3, 0.4) is 0 Å². The lowest BCUT2D eigenvalue weighted by atomic mass is 9.99. The van der Waals surface area contributed by atoms with Gasteiger partial charge in [0.25, 0.3) is 0 Å². The van der Waals surface area contributed by atoms with Crippen molar-refractivity contribution in [1.82, 2.24) is 0 Å². The number of halogens is 3. The quantitative estimate of drug-likeness (QED) is 0.901. The maximum absolute atomic E-state index is 13.9. The number of benzene rings is 2. The maximum Gasteiger partial charge on any atom is 0.129 e. The van der Waals surface area contributed by atoms with E-state index in [4.69, 9.17) is 22.1 Å². The molecule has 2 nitrogen and oxygen atoms in total. The van der Waals surface area contributed by atoms with Gasteiger partial charge in [0, 0.05) is 15.1 Å². The van der Waals surface area contributed by atoms with Crippen LogP contribution in [0.1, 0.15) is 17.2 Å². The van der Waals surface area contributed by atoms with Crippen molar-refractivity contribution in [3.63, 3.8) is 0 Å². The molecule has 100 valence electrons. The van der Waals surface area contributed by atoms with Crippen LogP contribution in [0.2, 0.25) is 5.02 Å². The summed E-state index contributed by atoms with van der Waals surface area (Å²) >= 11 is 9.15. The summed E-state index contributed by atoms with van der Waals surface area (Å²) in [7, 11) is 1.57. The molecule has 5 heteroatoms. The number of rotatable bonds is 3. The van der Waals surface area contributed by atoms with E-state index in [1.54, 1.807) is 31.4 Å². The smallest absolute Gasteiger partial charge is 0.129 e. The fourth-order valence-corrected chi connectivity index (χ4v) is 2.46. The molecule has 0 amide bonds. The van der Waals surface area contributed by atoms with E-state index in [1.807, 2.05) is 6.07 Å². The molecule has 2 N–H and O–H groups in total. The van der Waals surface area contributed by atoms with Crippen molar-refractivity contribution < 1.29 is 9.13 Å². The molecule has 1 atom stereocenters. The van der Waals surface area contributed by atoms with E-state index in [-0.39, 0.29) is 0 Å². The normalized spacial score (nSPS) is 12.3. The second kappa shape index (κ2) is 5.90. The summed E-state index contributed by atoms with van der Waals surface area (Å²) in [5, 5.41) is 0.346. The minimum absolute atomic E-state index is 0.346. The first kappa shape index (κ1) is 14.3. The van der Waals surface area contributed by atoms with E-state index in [0.29, 0.717) is 16.3 Å². The molecule has 0 saturated carbocycles.